The van der Waals surface area contributed by atoms with Crippen molar-refractivity contribution in [2.75, 3.05) is 0 Å². The topological polar surface area (TPSA) is 47.7 Å². The van der Waals surface area contributed by atoms with Crippen molar-refractivity contribution in [3.05, 3.63) is 0 Å². The maximum Gasteiger partial charge on any atom is 0.0588 e. The molecule has 0 heterocycles. The molecule has 0 amide bonds. The van der Waals surface area contributed by atoms with Crippen LogP contribution < -0.4 is 0 Å². The molecule has 2 saturated carbocycles. The highest BCUT2D eigenvalue weighted by atomic mass is 14.7. The highest BCUT2D eigenvalue weighted by molar-refractivity contribution is 6.45. The molecule has 0 aromatic carbocycles. The molecule has 12 heavy (non-hydrogen) atoms. The summed E-state index contributed by atoms with van der Waals surface area (Å²) in [5, 5.41) is 15.7. The van der Waals surface area contributed by atoms with Gasteiger partial charge in [-0.3, -0.25) is 0 Å². The van der Waals surface area contributed by atoms with E-state index in [0.717, 1.165) is 12.8 Å². The highest BCUT2D eigenvalue weighted by Gasteiger charge is 2.62. The summed E-state index contributed by atoms with van der Waals surface area (Å²) in [5.74, 6) is 0.356. The quantitative estimate of drug-likeness (QED) is 0.552. The van der Waals surface area contributed by atoms with Gasteiger partial charge in [-0.1, -0.05) is 20.8 Å². The first kappa shape index (κ1) is 7.96. The smallest absolute Gasteiger partial charge is 0.0588 e. The van der Waals surface area contributed by atoms with Gasteiger partial charge in [0.05, 0.1) is 11.4 Å². The van der Waals surface area contributed by atoms with Crippen LogP contribution in [0.4, 0.5) is 0 Å². The first-order chi connectivity index (χ1) is 5.41. The maximum absolute atomic E-state index is 7.87. The lowest BCUT2D eigenvalue weighted by molar-refractivity contribution is 0.207. The Bertz CT molecular complexity index is 278. The predicted molar refractivity (Wildman–Crippen MR) is 50.1 cm³/mol. The number of hydrogen-bond donors (Lipinski definition) is 2. The molecule has 0 spiro atoms. The summed E-state index contributed by atoms with van der Waals surface area (Å²) in [6.45, 7) is 6.57. The molecule has 2 atom stereocenters. The van der Waals surface area contributed by atoms with E-state index in [1.54, 1.807) is 0 Å². The van der Waals surface area contributed by atoms with Gasteiger partial charge in [-0.05, 0) is 18.3 Å². The average molecular weight is 164 g/mol. The number of nitrogens with one attached hydrogen (secondary N) is 2. The van der Waals surface area contributed by atoms with E-state index in [1.807, 2.05) is 0 Å². The zero-order valence-electron chi connectivity index (χ0n) is 7.99. The van der Waals surface area contributed by atoms with E-state index in [2.05, 4.69) is 20.8 Å². The molecular formula is C10H16N2. The third-order valence-electron chi connectivity index (χ3n) is 4.40. The van der Waals surface area contributed by atoms with Crippen LogP contribution in [0.25, 0.3) is 0 Å². The Balaban J connectivity index is 2.58. The standard InChI is InChI=1S/C10H16N2/c1-9(2)6-4-5-10(9,3)8(12)7(6)11/h6,11-12H,4-5H2,1-3H3/t6?,10-/m1/s1. The summed E-state index contributed by atoms with van der Waals surface area (Å²) in [7, 11) is 0. The van der Waals surface area contributed by atoms with Crippen LogP contribution in [0.15, 0.2) is 0 Å². The molecule has 1 unspecified atom stereocenters. The number of hydrogen-bond acceptors (Lipinski definition) is 2. The molecular weight excluding hydrogens is 148 g/mol. The second-order valence-electron chi connectivity index (χ2n) is 4.93. The molecule has 0 saturated heterocycles. The molecule has 0 radical (unpaired) electrons. The Labute approximate surface area is 73.4 Å². The Morgan fingerprint density at radius 1 is 1.25 bits per heavy atom. The van der Waals surface area contributed by atoms with Crippen molar-refractivity contribution < 1.29 is 0 Å². The fraction of sp³-hybridized carbons (Fsp3) is 0.800. The molecule has 66 valence electrons. The molecule has 2 bridgehead atoms. The van der Waals surface area contributed by atoms with Gasteiger partial charge < -0.3 is 10.8 Å². The maximum atomic E-state index is 7.87. The first-order valence-corrected chi connectivity index (χ1v) is 4.59. The zero-order chi connectivity index (χ0) is 9.15. The normalized spacial score (nSPS) is 44.1. The van der Waals surface area contributed by atoms with Gasteiger partial charge in [-0.2, -0.15) is 0 Å². The highest BCUT2D eigenvalue weighted by Crippen LogP contribution is 2.62. The Morgan fingerprint density at radius 3 is 2.08 bits per heavy atom. The van der Waals surface area contributed by atoms with Gasteiger partial charge in [0.25, 0.3) is 0 Å². The number of fused-ring (bicyclic) bond motifs is 2. The van der Waals surface area contributed by atoms with Crippen molar-refractivity contribution in [3.63, 3.8) is 0 Å². The summed E-state index contributed by atoms with van der Waals surface area (Å²) in [4.78, 5) is 0. The van der Waals surface area contributed by atoms with E-state index in [-0.39, 0.29) is 10.8 Å². The van der Waals surface area contributed by atoms with Crippen molar-refractivity contribution in [2.24, 2.45) is 16.7 Å². The van der Waals surface area contributed by atoms with Gasteiger partial charge in [0.1, 0.15) is 0 Å². The zero-order valence-corrected chi connectivity index (χ0v) is 7.99. The summed E-state index contributed by atoms with van der Waals surface area (Å²) < 4.78 is 0. The lowest BCUT2D eigenvalue weighted by atomic mass is 9.70. The molecule has 2 fully saturated rings. The van der Waals surface area contributed by atoms with Gasteiger partial charge in [0.2, 0.25) is 0 Å². The van der Waals surface area contributed by atoms with Crippen molar-refractivity contribution in [1.29, 1.82) is 10.8 Å². The van der Waals surface area contributed by atoms with Crippen LogP contribution in [-0.2, 0) is 0 Å². The van der Waals surface area contributed by atoms with E-state index in [1.165, 1.54) is 0 Å². The molecule has 2 heteroatoms. The van der Waals surface area contributed by atoms with Crippen LogP contribution >= 0.6 is 0 Å². The van der Waals surface area contributed by atoms with Crippen LogP contribution in [0.1, 0.15) is 33.6 Å². The molecule has 0 aliphatic heterocycles. The number of rotatable bonds is 0. The monoisotopic (exact) mass is 164 g/mol. The van der Waals surface area contributed by atoms with E-state index < -0.39 is 0 Å². The van der Waals surface area contributed by atoms with Gasteiger partial charge >= 0.3 is 0 Å². The van der Waals surface area contributed by atoms with Crippen LogP contribution in [-0.4, -0.2) is 11.4 Å². The van der Waals surface area contributed by atoms with Crippen LogP contribution in [0.5, 0.6) is 0 Å². The minimum absolute atomic E-state index is 0.00521. The average Bonchev–Trinajstić information content (AvgIpc) is 2.26. The van der Waals surface area contributed by atoms with Gasteiger partial charge in [-0.15, -0.1) is 0 Å². The molecule has 0 aromatic heterocycles. The third-order valence-corrected chi connectivity index (χ3v) is 4.40. The fourth-order valence-electron chi connectivity index (χ4n) is 2.92. The minimum Gasteiger partial charge on any atom is -0.303 e. The minimum atomic E-state index is -0.00521. The first-order valence-electron chi connectivity index (χ1n) is 4.59. The largest absolute Gasteiger partial charge is 0.303 e. The molecule has 2 aliphatic rings. The second kappa shape index (κ2) is 1.81. The Hall–Kier alpha value is -0.660. The predicted octanol–water partition coefficient (Wildman–Crippen LogP) is 2.48. The van der Waals surface area contributed by atoms with Crippen molar-refractivity contribution in [3.8, 4) is 0 Å². The van der Waals surface area contributed by atoms with Gasteiger partial charge in [0.15, 0.2) is 0 Å². The summed E-state index contributed by atoms with van der Waals surface area (Å²) in [6.07, 6.45) is 2.22. The van der Waals surface area contributed by atoms with E-state index in [4.69, 9.17) is 10.8 Å². The molecule has 0 aromatic rings. The third kappa shape index (κ3) is 0.551. The van der Waals surface area contributed by atoms with E-state index in [9.17, 15) is 0 Å². The second-order valence-corrected chi connectivity index (χ2v) is 4.93. The Morgan fingerprint density at radius 2 is 1.83 bits per heavy atom. The van der Waals surface area contributed by atoms with E-state index >= 15 is 0 Å². The molecule has 2 aliphatic carbocycles. The van der Waals surface area contributed by atoms with E-state index in [0.29, 0.717) is 17.3 Å². The fourth-order valence-corrected chi connectivity index (χ4v) is 2.92. The van der Waals surface area contributed by atoms with Crippen LogP contribution in [0, 0.1) is 27.6 Å². The lowest BCUT2D eigenvalue weighted by Crippen LogP contribution is -2.32. The van der Waals surface area contributed by atoms with Crippen LogP contribution in [0.2, 0.25) is 0 Å². The molecule has 2 rings (SSSR count). The SMILES string of the molecule is CC1(C)C2CC[C@]1(C)C(=N)C2=N. The van der Waals surface area contributed by atoms with Crippen molar-refractivity contribution in [1.82, 2.24) is 0 Å². The summed E-state index contributed by atoms with van der Waals surface area (Å²) in [6, 6.07) is 0. The molecule has 2 nitrogen and oxygen atoms in total. The van der Waals surface area contributed by atoms with Gasteiger partial charge in [-0.25, -0.2) is 0 Å². The van der Waals surface area contributed by atoms with Crippen molar-refractivity contribution in [2.45, 2.75) is 33.6 Å². The van der Waals surface area contributed by atoms with Gasteiger partial charge in [0, 0.05) is 11.3 Å². The Kier molecular flexibility index (Phi) is 1.20. The molecule has 2 N–H and O–H groups in total. The summed E-state index contributed by atoms with van der Waals surface area (Å²) in [5.41, 5.74) is 1.35. The van der Waals surface area contributed by atoms with Crippen molar-refractivity contribution >= 4 is 11.4 Å². The van der Waals surface area contributed by atoms with Crippen LogP contribution in [0.3, 0.4) is 0 Å². The lowest BCUT2D eigenvalue weighted by Gasteiger charge is -2.33. The summed E-state index contributed by atoms with van der Waals surface area (Å²) >= 11 is 0.